The third-order valence-corrected chi connectivity index (χ3v) is 6.72. The first-order valence-electron chi connectivity index (χ1n) is 8.17. The smallest absolute Gasteiger partial charge is 0.263 e. The fourth-order valence-corrected chi connectivity index (χ4v) is 5.09. The molecule has 124 valence electrons. The van der Waals surface area contributed by atoms with Crippen LogP contribution in [0, 0.1) is 0 Å². The zero-order valence-electron chi connectivity index (χ0n) is 13.5. The molecule has 1 aromatic carbocycles. The van der Waals surface area contributed by atoms with E-state index in [1.165, 1.54) is 4.70 Å². The highest BCUT2D eigenvalue weighted by molar-refractivity contribution is 7.26. The minimum absolute atomic E-state index is 0.146. The average Bonchev–Trinajstić information content (AvgIpc) is 3.27. The van der Waals surface area contributed by atoms with Crippen molar-refractivity contribution in [1.82, 2.24) is 15.2 Å². The van der Waals surface area contributed by atoms with Crippen molar-refractivity contribution in [2.24, 2.45) is 0 Å². The van der Waals surface area contributed by atoms with Crippen LogP contribution in [-0.4, -0.2) is 42.0 Å². The topological polar surface area (TPSA) is 45.2 Å². The summed E-state index contributed by atoms with van der Waals surface area (Å²) < 4.78 is 1.18. The van der Waals surface area contributed by atoms with E-state index in [0.717, 1.165) is 46.2 Å². The molecule has 0 bridgehead atoms. The highest BCUT2D eigenvalue weighted by atomic mass is 32.1. The average molecular weight is 358 g/mol. The molecule has 1 aliphatic heterocycles. The Morgan fingerprint density at radius 1 is 1.25 bits per heavy atom. The number of nitrogens with zero attached hydrogens (tertiary/aromatic N) is 2. The van der Waals surface area contributed by atoms with E-state index in [1.807, 2.05) is 42.3 Å². The highest BCUT2D eigenvalue weighted by Gasteiger charge is 2.24. The first-order chi connectivity index (χ1) is 11.7. The quantitative estimate of drug-likeness (QED) is 0.774. The SMILES string of the molecule is CNC1CCCN(C(=O)c2ccc(-c3nc4ccccc4s3)s2)C1. The number of carbonyl (C=O) groups excluding carboxylic acids is 1. The number of amides is 1. The van der Waals surface area contributed by atoms with E-state index in [4.69, 9.17) is 0 Å². The molecule has 0 aliphatic carbocycles. The number of piperidine rings is 1. The van der Waals surface area contributed by atoms with Crippen molar-refractivity contribution in [2.45, 2.75) is 18.9 Å². The van der Waals surface area contributed by atoms with Gasteiger partial charge in [0.1, 0.15) is 5.01 Å². The molecule has 0 radical (unpaired) electrons. The van der Waals surface area contributed by atoms with Crippen LogP contribution in [0.25, 0.3) is 20.1 Å². The summed E-state index contributed by atoms with van der Waals surface area (Å²) in [5, 5.41) is 4.28. The van der Waals surface area contributed by atoms with Crippen molar-refractivity contribution < 1.29 is 4.79 Å². The lowest BCUT2D eigenvalue weighted by molar-refractivity contribution is 0.0703. The molecule has 1 saturated heterocycles. The van der Waals surface area contributed by atoms with Crippen LogP contribution in [0.15, 0.2) is 36.4 Å². The molecule has 1 aliphatic rings. The normalized spacial score (nSPS) is 18.2. The number of benzene rings is 1. The summed E-state index contributed by atoms with van der Waals surface area (Å²) in [6.07, 6.45) is 2.20. The van der Waals surface area contributed by atoms with E-state index in [9.17, 15) is 4.79 Å². The number of thiophene rings is 1. The van der Waals surface area contributed by atoms with Gasteiger partial charge in [0.2, 0.25) is 0 Å². The van der Waals surface area contributed by atoms with E-state index in [0.29, 0.717) is 6.04 Å². The van der Waals surface area contributed by atoms with Crippen molar-refractivity contribution >= 4 is 38.8 Å². The van der Waals surface area contributed by atoms with Crippen LogP contribution in [-0.2, 0) is 0 Å². The molecule has 3 heterocycles. The Labute approximate surface area is 149 Å². The maximum absolute atomic E-state index is 12.8. The van der Waals surface area contributed by atoms with Crippen LogP contribution in [0.3, 0.4) is 0 Å². The van der Waals surface area contributed by atoms with Gasteiger partial charge in [-0.2, -0.15) is 0 Å². The van der Waals surface area contributed by atoms with Crippen LogP contribution in [0.2, 0.25) is 0 Å². The zero-order valence-corrected chi connectivity index (χ0v) is 15.1. The Balaban J connectivity index is 1.56. The van der Waals surface area contributed by atoms with Crippen LogP contribution >= 0.6 is 22.7 Å². The predicted molar refractivity (Wildman–Crippen MR) is 101 cm³/mol. The first-order valence-corrected chi connectivity index (χ1v) is 9.80. The number of thiazole rings is 1. The fraction of sp³-hybridized carbons (Fsp3) is 0.333. The summed E-state index contributed by atoms with van der Waals surface area (Å²) in [6, 6.07) is 12.5. The van der Waals surface area contributed by atoms with Crippen molar-refractivity contribution in [3.63, 3.8) is 0 Å². The van der Waals surface area contributed by atoms with Crippen LogP contribution < -0.4 is 5.32 Å². The predicted octanol–water partition coefficient (Wildman–Crippen LogP) is 3.85. The number of para-hydroxylation sites is 1. The second kappa shape index (κ2) is 6.63. The van der Waals surface area contributed by atoms with Gasteiger partial charge in [0.15, 0.2) is 0 Å². The lowest BCUT2D eigenvalue weighted by atomic mass is 10.1. The number of fused-ring (bicyclic) bond motifs is 1. The summed E-state index contributed by atoms with van der Waals surface area (Å²) in [4.78, 5) is 21.3. The van der Waals surface area contributed by atoms with Gasteiger partial charge in [-0.3, -0.25) is 4.79 Å². The Hall–Kier alpha value is -1.76. The van der Waals surface area contributed by atoms with Gasteiger partial charge in [-0.25, -0.2) is 4.98 Å². The number of hydrogen-bond donors (Lipinski definition) is 1. The number of aromatic nitrogens is 1. The Morgan fingerprint density at radius 3 is 2.96 bits per heavy atom. The molecular formula is C18H19N3OS2. The van der Waals surface area contributed by atoms with Crippen molar-refractivity contribution in [2.75, 3.05) is 20.1 Å². The van der Waals surface area contributed by atoms with Gasteiger partial charge < -0.3 is 10.2 Å². The number of hydrogen-bond acceptors (Lipinski definition) is 5. The second-order valence-electron chi connectivity index (χ2n) is 6.03. The van der Waals surface area contributed by atoms with Gasteiger partial charge in [-0.15, -0.1) is 22.7 Å². The van der Waals surface area contributed by atoms with Crippen molar-refractivity contribution in [3.05, 3.63) is 41.3 Å². The molecule has 1 atom stereocenters. The lowest BCUT2D eigenvalue weighted by Gasteiger charge is -2.32. The molecule has 1 N–H and O–H groups in total. The van der Waals surface area contributed by atoms with E-state index < -0.39 is 0 Å². The number of rotatable bonds is 3. The van der Waals surface area contributed by atoms with E-state index >= 15 is 0 Å². The first kappa shape index (κ1) is 15.7. The molecule has 1 fully saturated rings. The maximum Gasteiger partial charge on any atom is 0.263 e. The van der Waals surface area contributed by atoms with Crippen LogP contribution in [0.5, 0.6) is 0 Å². The fourth-order valence-electron chi connectivity index (χ4n) is 3.10. The molecule has 0 spiro atoms. The van der Waals surface area contributed by atoms with Crippen molar-refractivity contribution in [3.8, 4) is 9.88 Å². The summed E-state index contributed by atoms with van der Waals surface area (Å²) >= 11 is 3.23. The number of carbonyl (C=O) groups is 1. The van der Waals surface area contributed by atoms with Gasteiger partial charge in [0, 0.05) is 19.1 Å². The molecule has 24 heavy (non-hydrogen) atoms. The second-order valence-corrected chi connectivity index (χ2v) is 8.14. The Kier molecular flexibility index (Phi) is 4.35. The van der Waals surface area contributed by atoms with Gasteiger partial charge in [0.05, 0.1) is 20.0 Å². The van der Waals surface area contributed by atoms with Gasteiger partial charge in [0.25, 0.3) is 5.91 Å². The summed E-state index contributed by atoms with van der Waals surface area (Å²) in [5.41, 5.74) is 1.02. The molecule has 1 unspecified atom stereocenters. The third kappa shape index (κ3) is 2.97. The Morgan fingerprint density at radius 2 is 2.12 bits per heavy atom. The molecule has 2 aromatic heterocycles. The minimum atomic E-state index is 0.146. The summed E-state index contributed by atoms with van der Waals surface area (Å²) in [7, 11) is 1.97. The number of likely N-dealkylation sites (tertiary alicyclic amines) is 1. The van der Waals surface area contributed by atoms with E-state index in [1.54, 1.807) is 22.7 Å². The molecule has 4 nitrogen and oxygen atoms in total. The van der Waals surface area contributed by atoms with E-state index in [-0.39, 0.29) is 5.91 Å². The monoisotopic (exact) mass is 357 g/mol. The lowest BCUT2D eigenvalue weighted by Crippen LogP contribution is -2.46. The molecule has 3 aromatic rings. The van der Waals surface area contributed by atoms with Gasteiger partial charge in [-0.1, -0.05) is 12.1 Å². The third-order valence-electron chi connectivity index (χ3n) is 4.44. The highest BCUT2D eigenvalue weighted by Crippen LogP contribution is 2.34. The molecule has 0 saturated carbocycles. The van der Waals surface area contributed by atoms with Crippen LogP contribution in [0.4, 0.5) is 0 Å². The zero-order chi connectivity index (χ0) is 16.5. The standard InChI is InChI=1S/C18H19N3OS2/c1-19-12-5-4-10-21(11-12)18(22)16-9-8-15(23-16)17-20-13-6-2-3-7-14(13)24-17/h2-3,6-9,12,19H,4-5,10-11H2,1H3. The summed E-state index contributed by atoms with van der Waals surface area (Å²) in [5.74, 6) is 0.146. The van der Waals surface area contributed by atoms with Crippen LogP contribution in [0.1, 0.15) is 22.5 Å². The molecular weight excluding hydrogens is 338 g/mol. The van der Waals surface area contributed by atoms with E-state index in [2.05, 4.69) is 16.4 Å². The minimum Gasteiger partial charge on any atom is -0.336 e. The largest absolute Gasteiger partial charge is 0.336 e. The molecule has 4 rings (SSSR count). The van der Waals surface area contributed by atoms with Gasteiger partial charge in [-0.05, 0) is 44.2 Å². The number of likely N-dealkylation sites (N-methyl/N-ethyl adjacent to an activating group) is 1. The number of nitrogens with one attached hydrogen (secondary N) is 1. The maximum atomic E-state index is 12.8. The molecule has 1 amide bonds. The Bertz CT molecular complexity index is 837. The van der Waals surface area contributed by atoms with Gasteiger partial charge >= 0.3 is 0 Å². The molecule has 6 heteroatoms. The summed E-state index contributed by atoms with van der Waals surface area (Å²) in [6.45, 7) is 1.65. The van der Waals surface area contributed by atoms with Crippen molar-refractivity contribution in [1.29, 1.82) is 0 Å².